The average Bonchev–Trinajstić information content (AvgIpc) is 2.39. The van der Waals surface area contributed by atoms with Gasteiger partial charge in [-0.15, -0.1) is 0 Å². The molecule has 2 aromatic carbocycles. The molecule has 2 rings (SSSR count). The molecule has 20 heavy (non-hydrogen) atoms. The number of aryl methyl sites for hydroxylation is 2. The normalized spacial score (nSPS) is 12.8. The minimum atomic E-state index is 0.123. The highest BCUT2D eigenvalue weighted by Crippen LogP contribution is 2.28. The quantitative estimate of drug-likeness (QED) is 0.565. The number of hydrogen-bond donors (Lipinski definition) is 0. The van der Waals surface area contributed by atoms with Crippen molar-refractivity contribution in [1.29, 1.82) is 0 Å². The molecule has 0 bridgehead atoms. The van der Waals surface area contributed by atoms with Gasteiger partial charge in [0.1, 0.15) is 0 Å². The van der Waals surface area contributed by atoms with Crippen LogP contribution in [0, 0.1) is 13.8 Å². The molecular formula is C17H17Br2N. The summed E-state index contributed by atoms with van der Waals surface area (Å²) in [5.74, 6) is 0. The Morgan fingerprint density at radius 3 is 2.50 bits per heavy atom. The second-order valence-electron chi connectivity index (χ2n) is 4.98. The lowest BCUT2D eigenvalue weighted by molar-refractivity contribution is 0.819. The van der Waals surface area contributed by atoms with Gasteiger partial charge >= 0.3 is 0 Å². The predicted molar refractivity (Wildman–Crippen MR) is 93.8 cm³/mol. The number of rotatable bonds is 3. The molecule has 2 aromatic rings. The molecule has 0 amide bonds. The minimum absolute atomic E-state index is 0.123. The predicted octanol–water partition coefficient (Wildman–Crippen LogP) is 6.01. The Kier molecular flexibility index (Phi) is 5.17. The molecule has 3 heteroatoms. The van der Waals surface area contributed by atoms with E-state index in [4.69, 9.17) is 0 Å². The van der Waals surface area contributed by atoms with Crippen molar-refractivity contribution in [3.8, 4) is 0 Å². The second-order valence-corrected chi connectivity index (χ2v) is 6.75. The third-order valence-electron chi connectivity index (χ3n) is 3.28. The van der Waals surface area contributed by atoms with Crippen LogP contribution in [0.15, 0.2) is 50.3 Å². The van der Waals surface area contributed by atoms with Gasteiger partial charge in [0.05, 0.1) is 6.04 Å². The molecule has 0 spiro atoms. The van der Waals surface area contributed by atoms with Crippen LogP contribution < -0.4 is 0 Å². The molecule has 0 saturated carbocycles. The van der Waals surface area contributed by atoms with Crippen LogP contribution in [0.3, 0.4) is 0 Å². The van der Waals surface area contributed by atoms with Crippen molar-refractivity contribution >= 4 is 38.1 Å². The van der Waals surface area contributed by atoms with E-state index in [1.807, 2.05) is 12.3 Å². The third kappa shape index (κ3) is 3.80. The Hall–Kier alpha value is -0.930. The van der Waals surface area contributed by atoms with E-state index < -0.39 is 0 Å². The Morgan fingerprint density at radius 1 is 1.05 bits per heavy atom. The van der Waals surface area contributed by atoms with E-state index in [2.05, 4.69) is 88.0 Å². The van der Waals surface area contributed by atoms with Gasteiger partial charge in [-0.1, -0.05) is 61.7 Å². The van der Waals surface area contributed by atoms with Gasteiger partial charge < -0.3 is 0 Å². The monoisotopic (exact) mass is 393 g/mol. The fourth-order valence-electron chi connectivity index (χ4n) is 2.01. The van der Waals surface area contributed by atoms with E-state index >= 15 is 0 Å². The standard InChI is InChI=1S/C17H17Br2N/c1-11-4-5-12(2)14(8-11)10-20-13(3)16-7-6-15(18)9-17(16)19/h4-10,13H,1-3H3/b20-10-. The maximum atomic E-state index is 4.69. The van der Waals surface area contributed by atoms with Gasteiger partial charge in [-0.05, 0) is 49.6 Å². The SMILES string of the molecule is Cc1ccc(C)c(/C=N\C(C)c2ccc(Br)cc2Br)c1. The summed E-state index contributed by atoms with van der Waals surface area (Å²) in [6.45, 7) is 6.32. The highest BCUT2D eigenvalue weighted by Gasteiger charge is 2.07. The van der Waals surface area contributed by atoms with E-state index in [0.717, 1.165) is 8.95 Å². The van der Waals surface area contributed by atoms with Crippen molar-refractivity contribution in [1.82, 2.24) is 0 Å². The van der Waals surface area contributed by atoms with Crippen molar-refractivity contribution in [3.63, 3.8) is 0 Å². The molecule has 0 fully saturated rings. The maximum absolute atomic E-state index is 4.69. The lowest BCUT2D eigenvalue weighted by Gasteiger charge is -2.10. The molecule has 104 valence electrons. The number of halogens is 2. The molecule has 0 aliphatic rings. The van der Waals surface area contributed by atoms with E-state index in [9.17, 15) is 0 Å². The topological polar surface area (TPSA) is 12.4 Å². The molecular weight excluding hydrogens is 378 g/mol. The summed E-state index contributed by atoms with van der Waals surface area (Å²) in [4.78, 5) is 4.69. The number of benzene rings is 2. The van der Waals surface area contributed by atoms with Gasteiger partial charge in [-0.25, -0.2) is 0 Å². The van der Waals surface area contributed by atoms with Crippen LogP contribution in [0.25, 0.3) is 0 Å². The van der Waals surface area contributed by atoms with Crippen LogP contribution in [0.5, 0.6) is 0 Å². The summed E-state index contributed by atoms with van der Waals surface area (Å²) < 4.78 is 2.15. The molecule has 0 N–H and O–H groups in total. The Labute approximate surface area is 137 Å². The number of hydrogen-bond acceptors (Lipinski definition) is 1. The summed E-state index contributed by atoms with van der Waals surface area (Å²) in [6.07, 6.45) is 1.97. The zero-order valence-corrected chi connectivity index (χ0v) is 15.0. The highest BCUT2D eigenvalue weighted by atomic mass is 79.9. The van der Waals surface area contributed by atoms with Crippen molar-refractivity contribution in [2.75, 3.05) is 0 Å². The molecule has 1 unspecified atom stereocenters. The Bertz CT molecular complexity index is 647. The lowest BCUT2D eigenvalue weighted by Crippen LogP contribution is -1.94. The lowest BCUT2D eigenvalue weighted by atomic mass is 10.1. The smallest absolute Gasteiger partial charge is 0.0731 e. The summed E-state index contributed by atoms with van der Waals surface area (Å²) in [5.41, 5.74) is 4.88. The van der Waals surface area contributed by atoms with Crippen LogP contribution in [-0.2, 0) is 0 Å². The molecule has 0 aliphatic heterocycles. The van der Waals surface area contributed by atoms with E-state index in [-0.39, 0.29) is 6.04 Å². The maximum Gasteiger partial charge on any atom is 0.0731 e. The fraction of sp³-hybridized carbons (Fsp3) is 0.235. The molecule has 0 heterocycles. The first-order valence-electron chi connectivity index (χ1n) is 6.53. The fourth-order valence-corrected chi connectivity index (χ4v) is 3.39. The number of aliphatic imine (C=N–C) groups is 1. The first kappa shape index (κ1) is 15.5. The van der Waals surface area contributed by atoms with Gasteiger partial charge in [-0.2, -0.15) is 0 Å². The summed E-state index contributed by atoms with van der Waals surface area (Å²) in [5, 5.41) is 0. The van der Waals surface area contributed by atoms with Crippen LogP contribution in [0.2, 0.25) is 0 Å². The van der Waals surface area contributed by atoms with Gasteiger partial charge in [0.15, 0.2) is 0 Å². The average molecular weight is 395 g/mol. The van der Waals surface area contributed by atoms with Crippen molar-refractivity contribution in [2.24, 2.45) is 4.99 Å². The third-order valence-corrected chi connectivity index (χ3v) is 4.46. The largest absolute Gasteiger partial charge is 0.285 e. The van der Waals surface area contributed by atoms with Gasteiger partial charge in [0.25, 0.3) is 0 Å². The zero-order chi connectivity index (χ0) is 14.7. The molecule has 1 nitrogen and oxygen atoms in total. The van der Waals surface area contributed by atoms with E-state index in [0.29, 0.717) is 0 Å². The molecule has 0 aliphatic carbocycles. The molecule has 1 atom stereocenters. The van der Waals surface area contributed by atoms with E-state index in [1.165, 1.54) is 22.3 Å². The molecule has 0 radical (unpaired) electrons. The minimum Gasteiger partial charge on any atom is -0.285 e. The van der Waals surface area contributed by atoms with Crippen molar-refractivity contribution in [2.45, 2.75) is 26.8 Å². The van der Waals surface area contributed by atoms with Crippen LogP contribution in [-0.4, -0.2) is 6.21 Å². The molecule has 0 saturated heterocycles. The second kappa shape index (κ2) is 6.68. The van der Waals surface area contributed by atoms with E-state index in [1.54, 1.807) is 0 Å². The van der Waals surface area contributed by atoms with Crippen LogP contribution in [0.1, 0.15) is 35.2 Å². The number of nitrogens with zero attached hydrogens (tertiary/aromatic N) is 1. The van der Waals surface area contributed by atoms with Gasteiger partial charge in [0, 0.05) is 15.2 Å². The van der Waals surface area contributed by atoms with Gasteiger partial charge in [-0.3, -0.25) is 4.99 Å². The Morgan fingerprint density at radius 2 is 1.80 bits per heavy atom. The summed E-state index contributed by atoms with van der Waals surface area (Å²) >= 11 is 7.07. The first-order chi connectivity index (χ1) is 9.47. The highest BCUT2D eigenvalue weighted by molar-refractivity contribution is 9.11. The zero-order valence-electron chi connectivity index (χ0n) is 11.8. The first-order valence-corrected chi connectivity index (χ1v) is 8.11. The van der Waals surface area contributed by atoms with Gasteiger partial charge in [0.2, 0.25) is 0 Å². The van der Waals surface area contributed by atoms with Crippen LogP contribution in [0.4, 0.5) is 0 Å². The summed E-state index contributed by atoms with van der Waals surface area (Å²) in [6, 6.07) is 12.8. The Balaban J connectivity index is 2.24. The molecule has 0 aromatic heterocycles. The van der Waals surface area contributed by atoms with Crippen molar-refractivity contribution in [3.05, 3.63) is 67.6 Å². The summed E-state index contributed by atoms with van der Waals surface area (Å²) in [7, 11) is 0. The van der Waals surface area contributed by atoms with Crippen molar-refractivity contribution < 1.29 is 0 Å². The van der Waals surface area contributed by atoms with Crippen LogP contribution >= 0.6 is 31.9 Å².